The molecule has 0 saturated carbocycles. The zero-order valence-electron chi connectivity index (χ0n) is 8.90. The number of imidazole rings is 1. The predicted octanol–water partition coefficient (Wildman–Crippen LogP) is 1.76. The highest BCUT2D eigenvalue weighted by atomic mass is 16.5. The van der Waals surface area contributed by atoms with Crippen molar-refractivity contribution in [2.45, 2.75) is 6.92 Å². The van der Waals surface area contributed by atoms with Crippen LogP contribution in [0.4, 0.5) is 5.95 Å². The van der Waals surface area contributed by atoms with Crippen molar-refractivity contribution in [3.63, 3.8) is 0 Å². The number of hydrogen-bond donors (Lipinski definition) is 3. The normalized spacial score (nSPS) is 10.3. The van der Waals surface area contributed by atoms with Gasteiger partial charge < -0.3 is 20.6 Å². The molecule has 0 unspecified atom stereocenters. The van der Waals surface area contributed by atoms with Crippen molar-refractivity contribution < 1.29 is 9.84 Å². The van der Waals surface area contributed by atoms with Crippen LogP contribution in [0.1, 0.15) is 6.92 Å². The third-order valence-corrected chi connectivity index (χ3v) is 2.17. The van der Waals surface area contributed by atoms with Gasteiger partial charge in [-0.05, 0) is 25.1 Å². The molecule has 2 rings (SSSR count). The van der Waals surface area contributed by atoms with Gasteiger partial charge in [-0.15, -0.1) is 0 Å². The Hall–Kier alpha value is -2.17. The number of phenolic OH excluding ortho intramolecular Hbond substituents is 1. The standard InChI is InChI=1S/C11H13N3O2/c1-2-16-10-5-7(3-4-9(10)15)8-6-13-11(12)14-8/h3-6,15H,2H2,1H3,(H3,12,13,14). The Balaban J connectivity index is 2.39. The van der Waals surface area contributed by atoms with E-state index in [1.165, 1.54) is 0 Å². The lowest BCUT2D eigenvalue weighted by Gasteiger charge is -2.07. The van der Waals surface area contributed by atoms with Crippen molar-refractivity contribution >= 4 is 5.95 Å². The molecule has 84 valence electrons. The highest BCUT2D eigenvalue weighted by molar-refractivity contribution is 5.64. The number of nitrogen functional groups attached to an aromatic ring is 1. The summed E-state index contributed by atoms with van der Waals surface area (Å²) < 4.78 is 5.29. The number of hydrogen-bond acceptors (Lipinski definition) is 4. The summed E-state index contributed by atoms with van der Waals surface area (Å²) in [6, 6.07) is 5.09. The lowest BCUT2D eigenvalue weighted by Crippen LogP contribution is -1.92. The average Bonchev–Trinajstić information content (AvgIpc) is 2.69. The minimum absolute atomic E-state index is 0.123. The summed E-state index contributed by atoms with van der Waals surface area (Å²) in [6.45, 7) is 2.36. The summed E-state index contributed by atoms with van der Waals surface area (Å²) in [5, 5.41) is 9.54. The van der Waals surface area contributed by atoms with Gasteiger partial charge in [0.15, 0.2) is 17.4 Å². The van der Waals surface area contributed by atoms with Gasteiger partial charge in [0.25, 0.3) is 0 Å². The minimum atomic E-state index is 0.123. The minimum Gasteiger partial charge on any atom is -0.504 e. The Kier molecular flexibility index (Phi) is 2.68. The average molecular weight is 219 g/mol. The van der Waals surface area contributed by atoms with Crippen molar-refractivity contribution in [2.24, 2.45) is 0 Å². The lowest BCUT2D eigenvalue weighted by atomic mass is 10.1. The summed E-state index contributed by atoms with van der Waals surface area (Å²) in [5.41, 5.74) is 7.15. The van der Waals surface area contributed by atoms with E-state index < -0.39 is 0 Å². The maximum absolute atomic E-state index is 9.54. The fourth-order valence-corrected chi connectivity index (χ4v) is 1.44. The van der Waals surface area contributed by atoms with Crippen LogP contribution in [0.3, 0.4) is 0 Å². The third kappa shape index (κ3) is 1.93. The number of H-pyrrole nitrogens is 1. The van der Waals surface area contributed by atoms with E-state index in [2.05, 4.69) is 9.97 Å². The molecule has 0 radical (unpaired) electrons. The van der Waals surface area contributed by atoms with Crippen molar-refractivity contribution in [1.29, 1.82) is 0 Å². The number of aromatic hydroxyl groups is 1. The van der Waals surface area contributed by atoms with Crippen LogP contribution in [0.25, 0.3) is 11.3 Å². The first-order valence-electron chi connectivity index (χ1n) is 4.97. The van der Waals surface area contributed by atoms with Crippen molar-refractivity contribution in [1.82, 2.24) is 9.97 Å². The Morgan fingerprint density at radius 1 is 1.50 bits per heavy atom. The number of nitrogens with one attached hydrogen (secondary N) is 1. The SMILES string of the molecule is CCOc1cc(-c2cnc(N)[nH]2)ccc1O. The number of nitrogens with zero attached hydrogens (tertiary/aromatic N) is 1. The molecule has 0 aliphatic heterocycles. The highest BCUT2D eigenvalue weighted by Gasteiger charge is 2.06. The number of aromatic amines is 1. The lowest BCUT2D eigenvalue weighted by molar-refractivity contribution is 0.318. The van der Waals surface area contributed by atoms with Gasteiger partial charge in [-0.3, -0.25) is 0 Å². The molecule has 0 aliphatic rings. The van der Waals surface area contributed by atoms with Crippen LogP contribution in [-0.4, -0.2) is 21.7 Å². The third-order valence-electron chi connectivity index (χ3n) is 2.17. The van der Waals surface area contributed by atoms with Crippen LogP contribution in [-0.2, 0) is 0 Å². The monoisotopic (exact) mass is 219 g/mol. The number of phenols is 1. The van der Waals surface area contributed by atoms with Crippen LogP contribution < -0.4 is 10.5 Å². The molecule has 0 bridgehead atoms. The molecule has 1 aromatic heterocycles. The van der Waals surface area contributed by atoms with Crippen LogP contribution in [0.15, 0.2) is 24.4 Å². The van der Waals surface area contributed by atoms with Crippen molar-refractivity contribution in [3.8, 4) is 22.8 Å². The van der Waals surface area contributed by atoms with E-state index in [1.54, 1.807) is 24.4 Å². The molecule has 4 N–H and O–H groups in total. The number of benzene rings is 1. The van der Waals surface area contributed by atoms with E-state index in [0.29, 0.717) is 18.3 Å². The summed E-state index contributed by atoms with van der Waals surface area (Å²) in [4.78, 5) is 6.82. The topological polar surface area (TPSA) is 84.2 Å². The molecule has 1 heterocycles. The maximum atomic E-state index is 9.54. The summed E-state index contributed by atoms with van der Waals surface area (Å²) >= 11 is 0. The fourth-order valence-electron chi connectivity index (χ4n) is 1.44. The first-order chi connectivity index (χ1) is 7.70. The van der Waals surface area contributed by atoms with Crippen LogP contribution in [0.5, 0.6) is 11.5 Å². The highest BCUT2D eigenvalue weighted by Crippen LogP contribution is 2.31. The number of rotatable bonds is 3. The van der Waals surface area contributed by atoms with Crippen molar-refractivity contribution in [3.05, 3.63) is 24.4 Å². The van der Waals surface area contributed by atoms with E-state index in [-0.39, 0.29) is 5.75 Å². The van der Waals surface area contributed by atoms with Gasteiger partial charge in [-0.2, -0.15) is 0 Å². The quantitative estimate of drug-likeness (QED) is 0.734. The molecule has 0 amide bonds. The first kappa shape index (κ1) is 10.4. The second-order valence-corrected chi connectivity index (χ2v) is 3.30. The van der Waals surface area contributed by atoms with E-state index >= 15 is 0 Å². The summed E-state index contributed by atoms with van der Waals surface area (Å²) in [7, 11) is 0. The number of aromatic nitrogens is 2. The molecule has 0 fully saturated rings. The molecule has 0 spiro atoms. The second-order valence-electron chi connectivity index (χ2n) is 3.30. The summed E-state index contributed by atoms with van der Waals surface area (Å²) in [5.74, 6) is 0.937. The van der Waals surface area contributed by atoms with Crippen LogP contribution in [0.2, 0.25) is 0 Å². The zero-order valence-corrected chi connectivity index (χ0v) is 8.90. The van der Waals surface area contributed by atoms with Gasteiger partial charge in [0, 0.05) is 5.56 Å². The molecular weight excluding hydrogens is 206 g/mol. The predicted molar refractivity (Wildman–Crippen MR) is 61.3 cm³/mol. The second kappa shape index (κ2) is 4.14. The Labute approximate surface area is 92.9 Å². The molecule has 2 aromatic rings. The van der Waals surface area contributed by atoms with E-state index in [9.17, 15) is 5.11 Å². The number of anilines is 1. The molecule has 5 nitrogen and oxygen atoms in total. The van der Waals surface area contributed by atoms with Crippen molar-refractivity contribution in [2.75, 3.05) is 12.3 Å². The molecule has 0 aliphatic carbocycles. The first-order valence-corrected chi connectivity index (χ1v) is 4.97. The maximum Gasteiger partial charge on any atom is 0.197 e. The van der Waals surface area contributed by atoms with Crippen LogP contribution in [0, 0.1) is 0 Å². The van der Waals surface area contributed by atoms with Gasteiger partial charge in [-0.1, -0.05) is 0 Å². The largest absolute Gasteiger partial charge is 0.504 e. The fraction of sp³-hybridized carbons (Fsp3) is 0.182. The van der Waals surface area contributed by atoms with Gasteiger partial charge in [0.2, 0.25) is 0 Å². The molecule has 16 heavy (non-hydrogen) atoms. The molecule has 1 aromatic carbocycles. The zero-order chi connectivity index (χ0) is 11.5. The van der Waals surface area contributed by atoms with Crippen LogP contribution >= 0.6 is 0 Å². The molecular formula is C11H13N3O2. The van der Waals surface area contributed by atoms with E-state index in [4.69, 9.17) is 10.5 Å². The number of nitrogens with two attached hydrogens (primary N) is 1. The van der Waals surface area contributed by atoms with Gasteiger partial charge in [-0.25, -0.2) is 4.98 Å². The van der Waals surface area contributed by atoms with Gasteiger partial charge in [0.1, 0.15) is 0 Å². The summed E-state index contributed by atoms with van der Waals surface area (Å²) in [6.07, 6.45) is 1.64. The van der Waals surface area contributed by atoms with E-state index in [1.807, 2.05) is 6.92 Å². The number of ether oxygens (including phenoxy) is 1. The van der Waals surface area contributed by atoms with Gasteiger partial charge >= 0.3 is 0 Å². The molecule has 5 heteroatoms. The Morgan fingerprint density at radius 3 is 2.94 bits per heavy atom. The Morgan fingerprint density at radius 2 is 2.31 bits per heavy atom. The van der Waals surface area contributed by atoms with Gasteiger partial charge in [0.05, 0.1) is 18.5 Å². The molecule has 0 saturated heterocycles. The molecule has 0 atom stereocenters. The Bertz CT molecular complexity index is 494. The smallest absolute Gasteiger partial charge is 0.197 e. The van der Waals surface area contributed by atoms with E-state index in [0.717, 1.165) is 11.3 Å².